The molecule has 0 saturated carbocycles. The van der Waals surface area contributed by atoms with E-state index in [9.17, 15) is 0 Å². The van der Waals surface area contributed by atoms with E-state index < -0.39 is 0 Å². The highest BCUT2D eigenvalue weighted by Gasteiger charge is 2.19. The molecule has 96 valence electrons. The van der Waals surface area contributed by atoms with Crippen LogP contribution in [0.2, 0.25) is 0 Å². The molecule has 0 bridgehead atoms. The Morgan fingerprint density at radius 3 is 2.88 bits per heavy atom. The first-order valence-electron chi connectivity index (χ1n) is 6.64. The van der Waals surface area contributed by atoms with Crippen molar-refractivity contribution >= 4 is 16.5 Å². The maximum atomic E-state index is 4.57. The third-order valence-corrected chi connectivity index (χ3v) is 4.74. The van der Waals surface area contributed by atoms with E-state index in [-0.39, 0.29) is 0 Å². The summed E-state index contributed by atoms with van der Waals surface area (Å²) in [6, 6.07) is 0.426. The van der Waals surface area contributed by atoms with Gasteiger partial charge in [0.25, 0.3) is 0 Å². The van der Waals surface area contributed by atoms with Gasteiger partial charge in [0.05, 0.1) is 0 Å². The number of aromatic nitrogens is 1. The van der Waals surface area contributed by atoms with E-state index in [4.69, 9.17) is 0 Å². The summed E-state index contributed by atoms with van der Waals surface area (Å²) in [4.78, 5) is 8.36. The number of anilines is 1. The normalized spacial score (nSPS) is 19.6. The van der Waals surface area contributed by atoms with Crippen molar-refractivity contribution in [2.75, 3.05) is 24.5 Å². The lowest BCUT2D eigenvalue weighted by Gasteiger charge is -2.29. The summed E-state index contributed by atoms with van der Waals surface area (Å²) < 4.78 is 0. The molecule has 1 atom stereocenters. The summed E-state index contributed by atoms with van der Waals surface area (Å²) in [6.45, 7) is 10.0. The average molecular weight is 253 g/mol. The Labute approximate surface area is 108 Å². The maximum absolute atomic E-state index is 4.57. The van der Waals surface area contributed by atoms with Gasteiger partial charge >= 0.3 is 0 Å². The molecule has 1 aromatic heterocycles. The summed E-state index contributed by atoms with van der Waals surface area (Å²) in [5.74, 6) is 0.881. The van der Waals surface area contributed by atoms with Crippen molar-refractivity contribution in [1.29, 1.82) is 0 Å². The molecular weight excluding hydrogens is 230 g/mol. The molecule has 2 rings (SSSR count). The van der Waals surface area contributed by atoms with E-state index in [2.05, 4.69) is 36.0 Å². The Hall–Kier alpha value is -0.610. The minimum atomic E-state index is 0.426. The molecule has 0 radical (unpaired) electrons. The zero-order chi connectivity index (χ0) is 12.3. The first-order chi connectivity index (χ1) is 8.20. The number of hydrogen-bond donors (Lipinski definition) is 1. The molecule has 1 unspecified atom stereocenters. The van der Waals surface area contributed by atoms with E-state index in [0.717, 1.165) is 12.5 Å². The molecule has 1 aliphatic heterocycles. The van der Waals surface area contributed by atoms with Crippen LogP contribution in [-0.2, 0) is 0 Å². The second-order valence-electron chi connectivity index (χ2n) is 4.99. The number of hydrogen-bond acceptors (Lipinski definition) is 4. The van der Waals surface area contributed by atoms with Crippen LogP contribution in [0.15, 0.2) is 6.20 Å². The topological polar surface area (TPSA) is 28.2 Å². The molecule has 0 amide bonds. The number of piperidine rings is 1. The molecule has 1 aromatic rings. The Bertz CT molecular complexity index is 342. The van der Waals surface area contributed by atoms with Crippen LogP contribution in [0.3, 0.4) is 0 Å². The number of rotatable bonds is 4. The largest absolute Gasteiger partial charge is 0.348 e. The SMILES string of the molecule is CCNC(C)c1cnc(N2CCC(C)CC2)s1. The second kappa shape index (κ2) is 5.83. The summed E-state index contributed by atoms with van der Waals surface area (Å²) in [7, 11) is 0. The predicted molar refractivity (Wildman–Crippen MR) is 74.8 cm³/mol. The lowest BCUT2D eigenvalue weighted by molar-refractivity contribution is 0.438. The van der Waals surface area contributed by atoms with Crippen molar-refractivity contribution in [3.05, 3.63) is 11.1 Å². The standard InChI is InChI=1S/C13H23N3S/c1-4-14-11(3)12-9-15-13(17-12)16-7-5-10(2)6-8-16/h9-11,14H,4-8H2,1-3H3. The third-order valence-electron chi connectivity index (χ3n) is 3.50. The zero-order valence-electron chi connectivity index (χ0n) is 11.1. The molecule has 1 N–H and O–H groups in total. The first kappa shape index (κ1) is 12.8. The number of nitrogens with zero attached hydrogens (tertiary/aromatic N) is 2. The van der Waals surface area contributed by atoms with E-state index >= 15 is 0 Å². The van der Waals surface area contributed by atoms with Gasteiger partial charge in [-0.2, -0.15) is 0 Å². The lowest BCUT2D eigenvalue weighted by Crippen LogP contribution is -2.32. The van der Waals surface area contributed by atoms with Crippen LogP contribution < -0.4 is 10.2 Å². The molecular formula is C13H23N3S. The molecule has 1 aliphatic rings. The lowest BCUT2D eigenvalue weighted by atomic mass is 10.00. The van der Waals surface area contributed by atoms with Crippen LogP contribution in [0.25, 0.3) is 0 Å². The van der Waals surface area contributed by atoms with Crippen molar-refractivity contribution in [1.82, 2.24) is 10.3 Å². The van der Waals surface area contributed by atoms with E-state index in [1.165, 1.54) is 35.9 Å². The summed E-state index contributed by atoms with van der Waals surface area (Å²) in [5, 5.41) is 4.64. The quantitative estimate of drug-likeness (QED) is 0.894. The van der Waals surface area contributed by atoms with Crippen LogP contribution in [-0.4, -0.2) is 24.6 Å². The minimum absolute atomic E-state index is 0.426. The molecule has 0 aliphatic carbocycles. The molecule has 4 heteroatoms. The fourth-order valence-electron chi connectivity index (χ4n) is 2.23. The van der Waals surface area contributed by atoms with Gasteiger partial charge in [-0.25, -0.2) is 4.98 Å². The van der Waals surface area contributed by atoms with Crippen molar-refractivity contribution in [2.24, 2.45) is 5.92 Å². The highest BCUT2D eigenvalue weighted by Crippen LogP contribution is 2.29. The van der Waals surface area contributed by atoms with Gasteiger partial charge in [-0.15, -0.1) is 11.3 Å². The van der Waals surface area contributed by atoms with Gasteiger partial charge in [-0.1, -0.05) is 13.8 Å². The zero-order valence-corrected chi connectivity index (χ0v) is 11.9. The highest BCUT2D eigenvalue weighted by atomic mass is 32.1. The monoisotopic (exact) mass is 253 g/mol. The summed E-state index contributed by atoms with van der Waals surface area (Å²) in [5.41, 5.74) is 0. The highest BCUT2D eigenvalue weighted by molar-refractivity contribution is 7.15. The Balaban J connectivity index is 1.98. The first-order valence-corrected chi connectivity index (χ1v) is 7.46. The Morgan fingerprint density at radius 1 is 1.53 bits per heavy atom. The fourth-order valence-corrected chi connectivity index (χ4v) is 3.22. The van der Waals surface area contributed by atoms with E-state index in [1.807, 2.05) is 17.5 Å². The van der Waals surface area contributed by atoms with Gasteiger partial charge in [-0.3, -0.25) is 0 Å². The molecule has 0 aromatic carbocycles. The van der Waals surface area contributed by atoms with Gasteiger partial charge in [-0.05, 0) is 32.2 Å². The van der Waals surface area contributed by atoms with Gasteiger partial charge < -0.3 is 10.2 Å². The van der Waals surface area contributed by atoms with E-state index in [1.54, 1.807) is 0 Å². The number of nitrogens with one attached hydrogen (secondary N) is 1. The molecule has 1 fully saturated rings. The maximum Gasteiger partial charge on any atom is 0.185 e. The van der Waals surface area contributed by atoms with E-state index in [0.29, 0.717) is 6.04 Å². The molecule has 1 saturated heterocycles. The van der Waals surface area contributed by atoms with Crippen LogP contribution in [0.1, 0.15) is 44.5 Å². The van der Waals surface area contributed by atoms with Crippen LogP contribution >= 0.6 is 11.3 Å². The van der Waals surface area contributed by atoms with Gasteiger partial charge in [0.15, 0.2) is 5.13 Å². The number of thiazole rings is 1. The van der Waals surface area contributed by atoms with Crippen molar-refractivity contribution in [2.45, 2.75) is 39.7 Å². The van der Waals surface area contributed by atoms with Crippen molar-refractivity contribution in [3.8, 4) is 0 Å². The minimum Gasteiger partial charge on any atom is -0.348 e. The second-order valence-corrected chi connectivity index (χ2v) is 6.03. The van der Waals surface area contributed by atoms with Gasteiger partial charge in [0.1, 0.15) is 0 Å². The van der Waals surface area contributed by atoms with Crippen molar-refractivity contribution in [3.63, 3.8) is 0 Å². The Kier molecular flexibility index (Phi) is 4.40. The predicted octanol–water partition coefficient (Wildman–Crippen LogP) is 3.05. The van der Waals surface area contributed by atoms with Crippen LogP contribution in [0, 0.1) is 5.92 Å². The summed E-state index contributed by atoms with van der Waals surface area (Å²) >= 11 is 1.84. The van der Waals surface area contributed by atoms with Gasteiger partial charge in [0.2, 0.25) is 0 Å². The van der Waals surface area contributed by atoms with Gasteiger partial charge in [0, 0.05) is 30.2 Å². The average Bonchev–Trinajstić information content (AvgIpc) is 2.80. The van der Waals surface area contributed by atoms with Crippen LogP contribution in [0.4, 0.5) is 5.13 Å². The smallest absolute Gasteiger partial charge is 0.185 e. The third kappa shape index (κ3) is 3.19. The Morgan fingerprint density at radius 2 is 2.24 bits per heavy atom. The molecule has 2 heterocycles. The molecule has 3 nitrogen and oxygen atoms in total. The van der Waals surface area contributed by atoms with Crippen molar-refractivity contribution < 1.29 is 0 Å². The van der Waals surface area contributed by atoms with Crippen LogP contribution in [0.5, 0.6) is 0 Å². The fraction of sp³-hybridized carbons (Fsp3) is 0.769. The molecule has 0 spiro atoms. The summed E-state index contributed by atoms with van der Waals surface area (Å²) in [6.07, 6.45) is 4.64. The molecule has 17 heavy (non-hydrogen) atoms.